The molecule has 8 heteroatoms. The van der Waals surface area contributed by atoms with Crippen molar-refractivity contribution in [3.63, 3.8) is 0 Å². The third kappa shape index (κ3) is 6.54. The van der Waals surface area contributed by atoms with Crippen LogP contribution in [-0.4, -0.2) is 49.0 Å². The maximum absolute atomic E-state index is 12.8. The number of carbonyl (C=O) groups excluding carboxylic acids is 1. The number of aliphatic hydroxyl groups excluding tert-OH is 1. The zero-order valence-electron chi connectivity index (χ0n) is 19.0. The van der Waals surface area contributed by atoms with E-state index < -0.39 is 33.9 Å². The summed E-state index contributed by atoms with van der Waals surface area (Å²) < 4.78 is 32.2. The molecule has 32 heavy (non-hydrogen) atoms. The molecule has 3 atom stereocenters. The molecule has 2 aromatic rings. The number of ether oxygens (including phenoxy) is 1. The van der Waals surface area contributed by atoms with Gasteiger partial charge < -0.3 is 14.7 Å². The van der Waals surface area contributed by atoms with Crippen LogP contribution >= 0.6 is 0 Å². The predicted molar refractivity (Wildman–Crippen MR) is 124 cm³/mol. The van der Waals surface area contributed by atoms with Crippen molar-refractivity contribution in [1.82, 2.24) is 9.62 Å². The van der Waals surface area contributed by atoms with E-state index in [9.17, 15) is 18.3 Å². The summed E-state index contributed by atoms with van der Waals surface area (Å²) in [4.78, 5) is 14.4. The number of rotatable bonds is 5. The minimum atomic E-state index is -3.45. The van der Waals surface area contributed by atoms with E-state index in [4.69, 9.17) is 4.74 Å². The maximum Gasteiger partial charge on any atom is 0.410 e. The summed E-state index contributed by atoms with van der Waals surface area (Å²) in [7, 11) is -3.45. The van der Waals surface area contributed by atoms with Gasteiger partial charge in [-0.05, 0) is 50.3 Å². The molecule has 1 aliphatic rings. The Morgan fingerprint density at radius 1 is 1.09 bits per heavy atom. The quantitative estimate of drug-likeness (QED) is 0.708. The highest BCUT2D eigenvalue weighted by Crippen LogP contribution is 2.33. The van der Waals surface area contributed by atoms with Crippen LogP contribution in [-0.2, 0) is 14.8 Å². The van der Waals surface area contributed by atoms with Gasteiger partial charge in [0.1, 0.15) is 5.60 Å². The van der Waals surface area contributed by atoms with E-state index in [1.165, 1.54) is 0 Å². The molecule has 1 fully saturated rings. The molecule has 174 valence electrons. The Balaban J connectivity index is 1.89. The first-order valence-corrected chi connectivity index (χ1v) is 12.6. The number of nitrogens with one attached hydrogen (secondary N) is 1. The summed E-state index contributed by atoms with van der Waals surface area (Å²) in [5.41, 5.74) is 1.87. The van der Waals surface area contributed by atoms with Crippen molar-refractivity contribution in [1.29, 1.82) is 0 Å². The van der Waals surface area contributed by atoms with Gasteiger partial charge in [-0.1, -0.05) is 54.6 Å². The molecular weight excluding hydrogens is 428 g/mol. The molecule has 2 unspecified atom stereocenters. The van der Waals surface area contributed by atoms with Gasteiger partial charge >= 0.3 is 6.09 Å². The predicted octanol–water partition coefficient (Wildman–Crippen LogP) is 3.76. The normalized spacial score (nSPS) is 20.6. The minimum Gasteiger partial charge on any atom is -0.444 e. The average Bonchev–Trinajstić information content (AvgIpc) is 2.71. The van der Waals surface area contributed by atoms with Crippen molar-refractivity contribution in [2.24, 2.45) is 0 Å². The molecule has 1 amide bonds. The van der Waals surface area contributed by atoms with Crippen LogP contribution in [0.4, 0.5) is 4.79 Å². The van der Waals surface area contributed by atoms with Crippen LogP contribution in [0.15, 0.2) is 54.6 Å². The van der Waals surface area contributed by atoms with Crippen LogP contribution in [0.5, 0.6) is 0 Å². The van der Waals surface area contributed by atoms with Crippen LogP contribution in [0.25, 0.3) is 0 Å². The number of hydrogen-bond donors (Lipinski definition) is 2. The van der Waals surface area contributed by atoms with Gasteiger partial charge in [0.15, 0.2) is 0 Å². The minimum absolute atomic E-state index is 0.319. The summed E-state index contributed by atoms with van der Waals surface area (Å²) in [5.74, 6) is 0. The number of likely N-dealkylation sites (tertiary alicyclic amines) is 1. The van der Waals surface area contributed by atoms with Gasteiger partial charge in [0.25, 0.3) is 0 Å². The van der Waals surface area contributed by atoms with Crippen LogP contribution in [0, 0.1) is 0 Å². The van der Waals surface area contributed by atoms with Crippen LogP contribution in [0.1, 0.15) is 62.4 Å². The molecule has 1 saturated heterocycles. The first-order valence-electron chi connectivity index (χ1n) is 10.7. The topological polar surface area (TPSA) is 95.9 Å². The SMILES string of the molecule is CC(C)(C)OC(=O)N1CC[C@@H](O)CC1c1ccc(C(NS(C)(=O)=O)c2ccccc2)cc1. The molecule has 0 spiro atoms. The number of piperidine rings is 1. The fraction of sp³-hybridized carbons (Fsp3) is 0.458. The summed E-state index contributed by atoms with van der Waals surface area (Å²) in [5, 5.41) is 10.2. The number of nitrogens with zero attached hydrogens (tertiary/aromatic N) is 1. The van der Waals surface area contributed by atoms with Gasteiger partial charge in [-0.25, -0.2) is 17.9 Å². The van der Waals surface area contributed by atoms with E-state index in [1.807, 2.05) is 75.4 Å². The Hall–Kier alpha value is -2.42. The molecule has 0 saturated carbocycles. The van der Waals surface area contributed by atoms with Crippen molar-refractivity contribution in [2.75, 3.05) is 12.8 Å². The second-order valence-corrected chi connectivity index (χ2v) is 11.0. The molecule has 1 aliphatic heterocycles. The Labute approximate surface area is 190 Å². The average molecular weight is 461 g/mol. The Morgan fingerprint density at radius 3 is 2.25 bits per heavy atom. The van der Waals surface area contributed by atoms with Crippen LogP contribution < -0.4 is 4.72 Å². The second kappa shape index (κ2) is 9.60. The van der Waals surface area contributed by atoms with E-state index in [0.717, 1.165) is 22.9 Å². The van der Waals surface area contributed by atoms with Crippen molar-refractivity contribution in [3.05, 3.63) is 71.3 Å². The number of aliphatic hydroxyl groups is 1. The second-order valence-electron chi connectivity index (χ2n) is 9.27. The lowest BCUT2D eigenvalue weighted by molar-refractivity contribution is -0.00843. The number of carbonyl (C=O) groups is 1. The first kappa shape index (κ1) is 24.2. The fourth-order valence-electron chi connectivity index (χ4n) is 3.90. The Bertz CT molecular complexity index is 1020. The molecule has 1 heterocycles. The Kier molecular flexibility index (Phi) is 7.27. The van der Waals surface area contributed by atoms with Crippen molar-refractivity contribution >= 4 is 16.1 Å². The summed E-state index contributed by atoms with van der Waals surface area (Å²) in [6.07, 6.45) is 1.16. The van der Waals surface area contributed by atoms with Crippen LogP contribution in [0.2, 0.25) is 0 Å². The molecule has 3 rings (SSSR count). The molecular formula is C24H32N2O5S. The first-order chi connectivity index (χ1) is 14.9. The standard InChI is InChI=1S/C24H32N2O5S/c1-24(2,3)31-23(28)26-15-14-20(27)16-21(26)17-10-12-19(13-11-17)22(25-32(4,29)30)18-8-6-5-7-9-18/h5-13,20-22,25,27H,14-16H2,1-4H3/t20-,21?,22?/m1/s1. The molecule has 7 nitrogen and oxygen atoms in total. The molecule has 2 aromatic carbocycles. The third-order valence-electron chi connectivity index (χ3n) is 5.32. The zero-order chi connectivity index (χ0) is 23.5. The van der Waals surface area contributed by atoms with Crippen LogP contribution in [0.3, 0.4) is 0 Å². The summed E-state index contributed by atoms with van der Waals surface area (Å²) in [6, 6.07) is 16.0. The van der Waals surface area contributed by atoms with E-state index in [-0.39, 0.29) is 6.04 Å². The third-order valence-corrected chi connectivity index (χ3v) is 5.99. The highest BCUT2D eigenvalue weighted by Gasteiger charge is 2.34. The molecule has 2 N–H and O–H groups in total. The molecule has 0 aromatic heterocycles. The maximum atomic E-state index is 12.8. The van der Waals surface area contributed by atoms with E-state index in [1.54, 1.807) is 4.90 Å². The smallest absolute Gasteiger partial charge is 0.410 e. The highest BCUT2D eigenvalue weighted by atomic mass is 32.2. The van der Waals surface area contributed by atoms with Gasteiger partial charge in [-0.2, -0.15) is 0 Å². The van der Waals surface area contributed by atoms with E-state index >= 15 is 0 Å². The molecule has 0 radical (unpaired) electrons. The van der Waals surface area contributed by atoms with Gasteiger partial charge in [0.05, 0.1) is 24.4 Å². The van der Waals surface area contributed by atoms with Crippen molar-refractivity contribution in [2.45, 2.75) is 57.4 Å². The van der Waals surface area contributed by atoms with E-state index in [0.29, 0.717) is 19.4 Å². The fourth-order valence-corrected chi connectivity index (χ4v) is 4.60. The van der Waals surface area contributed by atoms with Crippen molar-refractivity contribution in [3.8, 4) is 0 Å². The highest BCUT2D eigenvalue weighted by molar-refractivity contribution is 7.88. The van der Waals surface area contributed by atoms with E-state index in [2.05, 4.69) is 4.72 Å². The van der Waals surface area contributed by atoms with Gasteiger partial charge in [0, 0.05) is 6.54 Å². The van der Waals surface area contributed by atoms with Gasteiger partial charge in [0.2, 0.25) is 10.0 Å². The largest absolute Gasteiger partial charge is 0.444 e. The molecule has 0 aliphatic carbocycles. The monoisotopic (exact) mass is 460 g/mol. The number of amides is 1. The summed E-state index contributed by atoms with van der Waals surface area (Å²) >= 11 is 0. The summed E-state index contributed by atoms with van der Waals surface area (Å²) in [6.45, 7) is 5.88. The number of sulfonamides is 1. The number of hydrogen-bond acceptors (Lipinski definition) is 5. The lowest BCUT2D eigenvalue weighted by Gasteiger charge is -2.39. The zero-order valence-corrected chi connectivity index (χ0v) is 19.8. The number of benzene rings is 2. The lowest BCUT2D eigenvalue weighted by atomic mass is 9.91. The van der Waals surface area contributed by atoms with Gasteiger partial charge in [-0.3, -0.25) is 0 Å². The van der Waals surface area contributed by atoms with Crippen molar-refractivity contribution < 1.29 is 23.1 Å². The Morgan fingerprint density at radius 2 is 1.69 bits per heavy atom. The molecule has 0 bridgehead atoms. The van der Waals surface area contributed by atoms with Gasteiger partial charge in [-0.15, -0.1) is 0 Å². The lowest BCUT2D eigenvalue weighted by Crippen LogP contribution is -2.45.